The van der Waals surface area contributed by atoms with Crippen LogP contribution in [0.1, 0.15) is 30.8 Å². The minimum Gasteiger partial charge on any atom is -0.343 e. The highest BCUT2D eigenvalue weighted by atomic mass is 32.2. The third-order valence-electron chi connectivity index (χ3n) is 4.64. The maximum atomic E-state index is 12.4. The van der Waals surface area contributed by atoms with Gasteiger partial charge in [0.15, 0.2) is 5.16 Å². The van der Waals surface area contributed by atoms with Crippen LogP contribution in [0.5, 0.6) is 0 Å². The lowest BCUT2D eigenvalue weighted by Crippen LogP contribution is -2.31. The fourth-order valence-electron chi connectivity index (χ4n) is 3.03. The fraction of sp³-hybridized carbons (Fsp3) is 0.318. The number of carbonyl (C=O) groups excluding carboxylic acids is 1. The summed E-state index contributed by atoms with van der Waals surface area (Å²) in [6.07, 6.45) is 0.687. The van der Waals surface area contributed by atoms with Crippen LogP contribution in [0, 0.1) is 6.92 Å². The van der Waals surface area contributed by atoms with Crippen LogP contribution in [0.4, 0.5) is 0 Å². The van der Waals surface area contributed by atoms with Crippen molar-refractivity contribution in [1.82, 2.24) is 19.7 Å². The molecule has 3 aromatic rings. The summed E-state index contributed by atoms with van der Waals surface area (Å²) in [7, 11) is 0. The van der Waals surface area contributed by atoms with E-state index in [-0.39, 0.29) is 5.91 Å². The van der Waals surface area contributed by atoms with Gasteiger partial charge in [-0.05, 0) is 38.5 Å². The number of amides is 1. The number of aryl methyl sites for hydroxylation is 1. The van der Waals surface area contributed by atoms with E-state index < -0.39 is 0 Å². The molecule has 0 saturated heterocycles. The second-order valence-corrected chi connectivity index (χ2v) is 7.53. The zero-order valence-electron chi connectivity index (χ0n) is 16.6. The molecule has 0 atom stereocenters. The van der Waals surface area contributed by atoms with Crippen molar-refractivity contribution < 1.29 is 4.79 Å². The maximum absolute atomic E-state index is 12.4. The number of rotatable bonds is 8. The summed E-state index contributed by atoms with van der Waals surface area (Å²) in [5.41, 5.74) is 3.39. The van der Waals surface area contributed by atoms with Crippen LogP contribution in [-0.2, 0) is 11.2 Å². The second kappa shape index (κ2) is 9.55. The largest absolute Gasteiger partial charge is 0.343 e. The molecule has 1 heterocycles. The Morgan fingerprint density at radius 3 is 2.32 bits per heavy atom. The Kier molecular flexibility index (Phi) is 6.87. The van der Waals surface area contributed by atoms with E-state index in [4.69, 9.17) is 0 Å². The topological polar surface area (TPSA) is 51.0 Å². The van der Waals surface area contributed by atoms with Gasteiger partial charge in [-0.15, -0.1) is 10.2 Å². The number of aromatic nitrogens is 3. The van der Waals surface area contributed by atoms with E-state index in [1.54, 1.807) is 0 Å². The van der Waals surface area contributed by atoms with Gasteiger partial charge in [0.1, 0.15) is 5.82 Å². The number of nitrogens with zero attached hydrogens (tertiary/aromatic N) is 4. The van der Waals surface area contributed by atoms with Crippen LogP contribution in [-0.4, -0.2) is 44.4 Å². The van der Waals surface area contributed by atoms with Crippen molar-refractivity contribution in [2.75, 3.05) is 18.8 Å². The summed E-state index contributed by atoms with van der Waals surface area (Å²) < 4.78 is 2.06. The van der Waals surface area contributed by atoms with Crippen molar-refractivity contribution >= 4 is 17.7 Å². The molecule has 0 aliphatic heterocycles. The lowest BCUT2D eigenvalue weighted by Gasteiger charge is -2.18. The molecule has 28 heavy (non-hydrogen) atoms. The Morgan fingerprint density at radius 1 is 1.00 bits per heavy atom. The van der Waals surface area contributed by atoms with E-state index in [9.17, 15) is 4.79 Å². The molecule has 3 rings (SSSR count). The van der Waals surface area contributed by atoms with Gasteiger partial charge in [0.2, 0.25) is 5.91 Å². The van der Waals surface area contributed by atoms with Gasteiger partial charge in [-0.3, -0.25) is 9.36 Å². The van der Waals surface area contributed by atoms with E-state index >= 15 is 0 Å². The van der Waals surface area contributed by atoms with Crippen molar-refractivity contribution in [2.45, 2.75) is 32.3 Å². The third kappa shape index (κ3) is 4.81. The highest BCUT2D eigenvalue weighted by molar-refractivity contribution is 7.99. The standard InChI is InChI=1S/C22H26N4OS/c1-4-25(5-2)21(27)16-28-22-24-23-20(15-18-9-7-6-8-10-18)26(22)19-13-11-17(3)12-14-19/h6-14H,4-5,15-16H2,1-3H3. The average Bonchev–Trinajstić information content (AvgIpc) is 3.11. The first-order valence-corrected chi connectivity index (χ1v) is 10.6. The minimum atomic E-state index is 0.123. The Labute approximate surface area is 170 Å². The van der Waals surface area contributed by atoms with Crippen molar-refractivity contribution in [2.24, 2.45) is 0 Å². The summed E-state index contributed by atoms with van der Waals surface area (Å²) in [6, 6.07) is 18.5. The molecule has 0 spiro atoms. The van der Waals surface area contributed by atoms with Crippen LogP contribution in [0.2, 0.25) is 0 Å². The molecule has 5 nitrogen and oxygen atoms in total. The summed E-state index contributed by atoms with van der Waals surface area (Å²) in [5.74, 6) is 1.35. The van der Waals surface area contributed by atoms with E-state index in [1.807, 2.05) is 36.9 Å². The number of benzene rings is 2. The number of hydrogen-bond donors (Lipinski definition) is 0. The predicted octanol–water partition coefficient (Wildman–Crippen LogP) is 4.13. The Balaban J connectivity index is 1.89. The third-order valence-corrected chi connectivity index (χ3v) is 5.55. The summed E-state index contributed by atoms with van der Waals surface area (Å²) in [5, 5.41) is 9.59. The molecule has 0 unspecified atom stereocenters. The van der Waals surface area contributed by atoms with Crippen LogP contribution >= 0.6 is 11.8 Å². The zero-order chi connectivity index (χ0) is 19.9. The predicted molar refractivity (Wildman–Crippen MR) is 114 cm³/mol. The maximum Gasteiger partial charge on any atom is 0.233 e. The van der Waals surface area contributed by atoms with Gasteiger partial charge in [0, 0.05) is 25.2 Å². The van der Waals surface area contributed by atoms with Gasteiger partial charge >= 0.3 is 0 Å². The molecule has 0 bridgehead atoms. The van der Waals surface area contributed by atoms with E-state index in [0.29, 0.717) is 12.2 Å². The lowest BCUT2D eigenvalue weighted by atomic mass is 10.1. The normalized spacial score (nSPS) is 10.8. The molecular formula is C22H26N4OS. The molecule has 1 amide bonds. The average molecular weight is 395 g/mol. The second-order valence-electron chi connectivity index (χ2n) is 6.59. The van der Waals surface area contributed by atoms with Gasteiger partial charge in [0.05, 0.1) is 5.75 Å². The molecule has 0 fully saturated rings. The van der Waals surface area contributed by atoms with Crippen molar-refractivity contribution in [3.63, 3.8) is 0 Å². The van der Waals surface area contributed by atoms with E-state index in [0.717, 1.165) is 29.8 Å². The molecule has 0 aliphatic rings. The monoisotopic (exact) mass is 394 g/mol. The highest BCUT2D eigenvalue weighted by Crippen LogP contribution is 2.24. The summed E-state index contributed by atoms with van der Waals surface area (Å²) >= 11 is 1.44. The quantitative estimate of drug-likeness (QED) is 0.539. The highest BCUT2D eigenvalue weighted by Gasteiger charge is 2.17. The van der Waals surface area contributed by atoms with E-state index in [1.165, 1.54) is 22.9 Å². The SMILES string of the molecule is CCN(CC)C(=O)CSc1nnc(Cc2ccccc2)n1-c1ccc(C)cc1. The van der Waals surface area contributed by atoms with Crippen LogP contribution in [0.3, 0.4) is 0 Å². The Bertz CT molecular complexity index is 902. The Hall–Kier alpha value is -2.60. The van der Waals surface area contributed by atoms with Crippen LogP contribution in [0.15, 0.2) is 59.8 Å². The van der Waals surface area contributed by atoms with Crippen molar-refractivity contribution in [3.8, 4) is 5.69 Å². The molecule has 146 valence electrons. The lowest BCUT2D eigenvalue weighted by molar-refractivity contribution is -0.127. The van der Waals surface area contributed by atoms with Crippen LogP contribution in [0.25, 0.3) is 5.69 Å². The molecule has 0 aliphatic carbocycles. The van der Waals surface area contributed by atoms with Gasteiger partial charge < -0.3 is 4.90 Å². The molecule has 0 radical (unpaired) electrons. The molecule has 0 N–H and O–H groups in total. The van der Waals surface area contributed by atoms with Crippen molar-refractivity contribution in [1.29, 1.82) is 0 Å². The first-order chi connectivity index (χ1) is 13.6. The fourth-order valence-corrected chi connectivity index (χ4v) is 3.91. The van der Waals surface area contributed by atoms with Crippen molar-refractivity contribution in [3.05, 3.63) is 71.5 Å². The first-order valence-electron chi connectivity index (χ1n) is 9.58. The van der Waals surface area contributed by atoms with Crippen LogP contribution < -0.4 is 0 Å². The smallest absolute Gasteiger partial charge is 0.233 e. The zero-order valence-corrected chi connectivity index (χ0v) is 17.4. The van der Waals surface area contributed by atoms with Gasteiger partial charge in [-0.25, -0.2) is 0 Å². The molecule has 6 heteroatoms. The minimum absolute atomic E-state index is 0.123. The molecule has 0 saturated carbocycles. The Morgan fingerprint density at radius 2 is 1.68 bits per heavy atom. The van der Waals surface area contributed by atoms with E-state index in [2.05, 4.69) is 58.1 Å². The van der Waals surface area contributed by atoms with Gasteiger partial charge in [0.25, 0.3) is 0 Å². The molecular weight excluding hydrogens is 368 g/mol. The number of carbonyl (C=O) groups is 1. The summed E-state index contributed by atoms with van der Waals surface area (Å²) in [6.45, 7) is 7.51. The molecule has 1 aromatic heterocycles. The van der Waals surface area contributed by atoms with Gasteiger partial charge in [-0.2, -0.15) is 0 Å². The number of thioether (sulfide) groups is 1. The first kappa shape index (κ1) is 20.1. The molecule has 2 aromatic carbocycles. The number of hydrogen-bond acceptors (Lipinski definition) is 4. The van der Waals surface area contributed by atoms with Gasteiger partial charge in [-0.1, -0.05) is 59.8 Å². The summed E-state index contributed by atoms with van der Waals surface area (Å²) in [4.78, 5) is 14.3.